The summed E-state index contributed by atoms with van der Waals surface area (Å²) in [5.74, 6) is -0.645. The molecule has 1 amide bonds. The standard InChI is InChI=1S/C32H42ClN3O3/c1-21-18-34(29(31(38)39)17-22-8-9-23-6-5-7-25(23)16-22)14-15-36(21)30(37)28-20-35(32(2,3)4)19-27(28)24-10-12-26(33)13-11-24/h8-13,16,21,27-29H,5-7,14-15,17-20H2,1-4H3,(H,38,39)/t21-,27?,28?,29-/m0/s1. The fourth-order valence-corrected chi connectivity index (χ4v) is 6.93. The fourth-order valence-electron chi connectivity index (χ4n) is 6.81. The van der Waals surface area contributed by atoms with E-state index in [0.29, 0.717) is 31.1 Å². The highest BCUT2D eigenvalue weighted by atomic mass is 35.5. The highest BCUT2D eigenvalue weighted by Crippen LogP contribution is 2.38. The van der Waals surface area contributed by atoms with Crippen LogP contribution in [0.1, 0.15) is 62.3 Å². The fraction of sp³-hybridized carbons (Fsp3) is 0.562. The Labute approximate surface area is 237 Å². The first-order valence-electron chi connectivity index (χ1n) is 14.4. The third kappa shape index (κ3) is 6.03. The van der Waals surface area contributed by atoms with Gasteiger partial charge in [-0.3, -0.25) is 19.4 Å². The summed E-state index contributed by atoms with van der Waals surface area (Å²) in [5.41, 5.74) is 4.98. The van der Waals surface area contributed by atoms with Gasteiger partial charge < -0.3 is 10.0 Å². The summed E-state index contributed by atoms with van der Waals surface area (Å²) in [7, 11) is 0. The SMILES string of the molecule is C[C@H]1CN([C@@H](Cc2ccc3c(c2)CCC3)C(=O)O)CCN1C(=O)C1CN(C(C)(C)C)CC1c1ccc(Cl)cc1. The van der Waals surface area contributed by atoms with E-state index in [9.17, 15) is 14.7 Å². The van der Waals surface area contributed by atoms with E-state index < -0.39 is 12.0 Å². The summed E-state index contributed by atoms with van der Waals surface area (Å²) < 4.78 is 0. The monoisotopic (exact) mass is 551 g/mol. The zero-order chi connectivity index (χ0) is 27.9. The van der Waals surface area contributed by atoms with E-state index in [1.165, 1.54) is 17.5 Å². The molecule has 210 valence electrons. The molecule has 2 fully saturated rings. The predicted octanol–water partition coefficient (Wildman–Crippen LogP) is 4.87. The van der Waals surface area contributed by atoms with Gasteiger partial charge in [-0.2, -0.15) is 0 Å². The van der Waals surface area contributed by atoms with Crippen molar-refractivity contribution in [2.45, 2.75) is 76.9 Å². The highest BCUT2D eigenvalue weighted by molar-refractivity contribution is 6.30. The number of piperazine rings is 1. The molecule has 3 aliphatic rings. The number of rotatable bonds is 6. The van der Waals surface area contributed by atoms with E-state index >= 15 is 0 Å². The molecule has 1 aliphatic carbocycles. The van der Waals surface area contributed by atoms with Crippen LogP contribution < -0.4 is 0 Å². The maximum absolute atomic E-state index is 14.1. The molecule has 0 radical (unpaired) electrons. The van der Waals surface area contributed by atoms with Crippen LogP contribution in [0.15, 0.2) is 42.5 Å². The molecular weight excluding hydrogens is 510 g/mol. The van der Waals surface area contributed by atoms with Crippen LogP contribution in [0.2, 0.25) is 5.02 Å². The van der Waals surface area contributed by atoms with Gasteiger partial charge in [0.05, 0.1) is 5.92 Å². The highest BCUT2D eigenvalue weighted by Gasteiger charge is 2.45. The number of carbonyl (C=O) groups excluding carboxylic acids is 1. The molecule has 2 saturated heterocycles. The van der Waals surface area contributed by atoms with Gasteiger partial charge in [-0.1, -0.05) is 41.9 Å². The van der Waals surface area contributed by atoms with Crippen molar-refractivity contribution in [2.75, 3.05) is 32.7 Å². The summed E-state index contributed by atoms with van der Waals surface area (Å²) in [5, 5.41) is 10.9. The first-order valence-corrected chi connectivity index (χ1v) is 14.8. The number of nitrogens with zero attached hydrogens (tertiary/aromatic N) is 3. The minimum Gasteiger partial charge on any atom is -0.480 e. The number of aryl methyl sites for hydroxylation is 2. The molecule has 5 rings (SSSR count). The topological polar surface area (TPSA) is 64.1 Å². The molecular formula is C32H42ClN3O3. The van der Waals surface area contributed by atoms with Gasteiger partial charge in [-0.25, -0.2) is 0 Å². The zero-order valence-electron chi connectivity index (χ0n) is 23.7. The molecule has 0 bridgehead atoms. The van der Waals surface area contributed by atoms with Crippen molar-refractivity contribution in [1.29, 1.82) is 0 Å². The number of hydrogen-bond acceptors (Lipinski definition) is 4. The number of fused-ring (bicyclic) bond motifs is 1. The van der Waals surface area contributed by atoms with Crippen molar-refractivity contribution in [3.8, 4) is 0 Å². The Hall–Kier alpha value is -2.41. The molecule has 39 heavy (non-hydrogen) atoms. The number of aliphatic carboxylic acids is 1. The van der Waals surface area contributed by atoms with E-state index in [0.717, 1.165) is 37.1 Å². The Morgan fingerprint density at radius 3 is 2.38 bits per heavy atom. The smallest absolute Gasteiger partial charge is 0.321 e. The predicted molar refractivity (Wildman–Crippen MR) is 155 cm³/mol. The van der Waals surface area contributed by atoms with Crippen LogP contribution in [0.4, 0.5) is 0 Å². The Balaban J connectivity index is 1.29. The van der Waals surface area contributed by atoms with E-state index in [2.05, 4.69) is 67.8 Å². The molecule has 2 aromatic rings. The Morgan fingerprint density at radius 1 is 1.00 bits per heavy atom. The van der Waals surface area contributed by atoms with E-state index in [1.807, 2.05) is 17.0 Å². The quantitative estimate of drug-likeness (QED) is 0.555. The lowest BCUT2D eigenvalue weighted by Crippen LogP contribution is -2.59. The lowest BCUT2D eigenvalue weighted by molar-refractivity contribution is -0.147. The molecule has 6 nitrogen and oxygen atoms in total. The lowest BCUT2D eigenvalue weighted by Gasteiger charge is -2.43. The van der Waals surface area contributed by atoms with Gasteiger partial charge in [-0.15, -0.1) is 0 Å². The first-order chi connectivity index (χ1) is 18.5. The first kappa shape index (κ1) is 28.1. The minimum absolute atomic E-state index is 0.0315. The number of hydrogen-bond donors (Lipinski definition) is 1. The maximum Gasteiger partial charge on any atom is 0.321 e. The number of carboxylic acids is 1. The van der Waals surface area contributed by atoms with Crippen LogP contribution in [0.25, 0.3) is 0 Å². The average molecular weight is 552 g/mol. The van der Waals surface area contributed by atoms with Crippen LogP contribution in [0, 0.1) is 5.92 Å². The van der Waals surface area contributed by atoms with Gasteiger partial charge in [0, 0.05) is 55.2 Å². The third-order valence-electron chi connectivity index (χ3n) is 9.14. The molecule has 0 spiro atoms. The van der Waals surface area contributed by atoms with Gasteiger partial charge >= 0.3 is 5.97 Å². The number of likely N-dealkylation sites (tertiary alicyclic amines) is 1. The number of benzene rings is 2. The molecule has 0 aromatic heterocycles. The van der Waals surface area contributed by atoms with Crippen molar-refractivity contribution < 1.29 is 14.7 Å². The normalized spacial score (nSPS) is 25.1. The lowest BCUT2D eigenvalue weighted by atomic mass is 9.87. The Kier molecular flexibility index (Phi) is 8.10. The second-order valence-corrected chi connectivity index (χ2v) is 13.2. The summed E-state index contributed by atoms with van der Waals surface area (Å²) in [6, 6.07) is 13.8. The average Bonchev–Trinajstić information content (AvgIpc) is 3.54. The summed E-state index contributed by atoms with van der Waals surface area (Å²) >= 11 is 6.16. The zero-order valence-corrected chi connectivity index (χ0v) is 24.5. The van der Waals surface area contributed by atoms with Crippen LogP contribution in [-0.4, -0.2) is 82.0 Å². The third-order valence-corrected chi connectivity index (χ3v) is 9.40. The van der Waals surface area contributed by atoms with E-state index in [4.69, 9.17) is 11.6 Å². The summed E-state index contributed by atoms with van der Waals surface area (Å²) in [6.07, 6.45) is 3.88. The van der Waals surface area contributed by atoms with Gasteiger partial charge in [0.25, 0.3) is 0 Å². The molecule has 4 atom stereocenters. The number of halogens is 1. The molecule has 2 aliphatic heterocycles. The second-order valence-electron chi connectivity index (χ2n) is 12.7. The summed E-state index contributed by atoms with van der Waals surface area (Å²) in [6.45, 7) is 11.9. The summed E-state index contributed by atoms with van der Waals surface area (Å²) in [4.78, 5) is 32.9. The van der Waals surface area contributed by atoms with E-state index in [-0.39, 0.29) is 29.3 Å². The van der Waals surface area contributed by atoms with Crippen LogP contribution in [-0.2, 0) is 28.9 Å². The van der Waals surface area contributed by atoms with Crippen molar-refractivity contribution in [3.05, 3.63) is 69.7 Å². The number of carboxylic acid groups (broad SMARTS) is 1. The molecule has 2 unspecified atom stereocenters. The molecule has 7 heteroatoms. The molecule has 1 N–H and O–H groups in total. The van der Waals surface area contributed by atoms with Crippen molar-refractivity contribution in [1.82, 2.24) is 14.7 Å². The van der Waals surface area contributed by atoms with Crippen molar-refractivity contribution >= 4 is 23.5 Å². The largest absolute Gasteiger partial charge is 0.480 e. The van der Waals surface area contributed by atoms with Crippen molar-refractivity contribution in [3.63, 3.8) is 0 Å². The molecule has 0 saturated carbocycles. The Bertz CT molecular complexity index is 1210. The molecule has 2 heterocycles. The van der Waals surface area contributed by atoms with Gasteiger partial charge in [0.15, 0.2) is 0 Å². The van der Waals surface area contributed by atoms with Crippen molar-refractivity contribution in [2.24, 2.45) is 5.92 Å². The molecule has 2 aromatic carbocycles. The maximum atomic E-state index is 14.1. The van der Waals surface area contributed by atoms with E-state index in [1.54, 1.807) is 0 Å². The van der Waals surface area contributed by atoms with Crippen LogP contribution in [0.5, 0.6) is 0 Å². The second kappa shape index (κ2) is 11.2. The van der Waals surface area contributed by atoms with Crippen LogP contribution in [0.3, 0.4) is 0 Å². The number of carbonyl (C=O) groups is 2. The van der Waals surface area contributed by atoms with Gasteiger partial charge in [-0.05, 0) is 87.8 Å². The van der Waals surface area contributed by atoms with Gasteiger partial charge in [0.2, 0.25) is 5.91 Å². The van der Waals surface area contributed by atoms with Gasteiger partial charge in [0.1, 0.15) is 6.04 Å². The minimum atomic E-state index is -0.790. The Morgan fingerprint density at radius 2 is 1.72 bits per heavy atom. The van der Waals surface area contributed by atoms with Crippen LogP contribution >= 0.6 is 11.6 Å². The number of amides is 1.